The molecule has 1 amide bonds. The van der Waals surface area contributed by atoms with Gasteiger partial charge >= 0.3 is 0 Å². The molecule has 1 aromatic carbocycles. The van der Waals surface area contributed by atoms with E-state index < -0.39 is 0 Å². The summed E-state index contributed by atoms with van der Waals surface area (Å²) in [6.45, 7) is 3.10. The van der Waals surface area contributed by atoms with Crippen LogP contribution in [0.2, 0.25) is 0 Å². The van der Waals surface area contributed by atoms with E-state index in [1.807, 2.05) is 54.0 Å². The maximum Gasteiger partial charge on any atom is 0.251 e. The second-order valence-corrected chi connectivity index (χ2v) is 5.14. The number of nitrogens with zero attached hydrogens (tertiary/aromatic N) is 2. The Morgan fingerprint density at radius 2 is 2.04 bits per heavy atom. The number of nitrogens with one attached hydrogen (secondary N) is 1. The van der Waals surface area contributed by atoms with E-state index >= 15 is 0 Å². The predicted octanol–water partition coefficient (Wildman–Crippen LogP) is 2.71. The van der Waals surface area contributed by atoms with Crippen LogP contribution in [0.5, 0.6) is 5.75 Å². The lowest BCUT2D eigenvalue weighted by atomic mass is 10.2. The lowest BCUT2D eigenvalue weighted by Crippen LogP contribution is -2.25. The van der Waals surface area contributed by atoms with E-state index in [9.17, 15) is 4.79 Å². The second kappa shape index (κ2) is 6.96. The number of benzene rings is 1. The Labute approximate surface area is 134 Å². The molecular formula is C18H19N3O2. The van der Waals surface area contributed by atoms with Crippen molar-refractivity contribution in [3.05, 3.63) is 66.1 Å². The SMILES string of the molecule is CCOc1cccn2cc(CCNC(=O)c3ccccc3)nc12. The monoisotopic (exact) mass is 309 g/mol. The summed E-state index contributed by atoms with van der Waals surface area (Å²) in [4.78, 5) is 16.6. The predicted molar refractivity (Wildman–Crippen MR) is 88.8 cm³/mol. The molecule has 2 aromatic heterocycles. The number of fused-ring (bicyclic) bond motifs is 1. The number of rotatable bonds is 6. The van der Waals surface area contributed by atoms with Crippen LogP contribution in [0.25, 0.3) is 5.65 Å². The molecule has 0 spiro atoms. The van der Waals surface area contributed by atoms with Crippen LogP contribution in [0, 0.1) is 0 Å². The topological polar surface area (TPSA) is 55.6 Å². The molecule has 0 radical (unpaired) electrons. The fourth-order valence-corrected chi connectivity index (χ4v) is 2.42. The number of pyridine rings is 1. The van der Waals surface area contributed by atoms with Gasteiger partial charge in [-0.1, -0.05) is 18.2 Å². The van der Waals surface area contributed by atoms with Gasteiger partial charge in [-0.2, -0.15) is 0 Å². The van der Waals surface area contributed by atoms with Crippen molar-refractivity contribution in [2.45, 2.75) is 13.3 Å². The highest BCUT2D eigenvalue weighted by molar-refractivity contribution is 5.94. The van der Waals surface area contributed by atoms with Gasteiger partial charge in [0.25, 0.3) is 5.91 Å². The minimum atomic E-state index is -0.0654. The second-order valence-electron chi connectivity index (χ2n) is 5.14. The van der Waals surface area contributed by atoms with Crippen LogP contribution in [0.3, 0.4) is 0 Å². The summed E-state index contributed by atoms with van der Waals surface area (Å²) in [5, 5.41) is 2.91. The highest BCUT2D eigenvalue weighted by atomic mass is 16.5. The quantitative estimate of drug-likeness (QED) is 0.761. The zero-order valence-corrected chi connectivity index (χ0v) is 13.0. The minimum Gasteiger partial charge on any atom is -0.490 e. The number of aromatic nitrogens is 2. The van der Waals surface area contributed by atoms with E-state index in [2.05, 4.69) is 10.3 Å². The van der Waals surface area contributed by atoms with Gasteiger partial charge in [0.05, 0.1) is 12.3 Å². The average Bonchev–Trinajstić information content (AvgIpc) is 3.00. The average molecular weight is 309 g/mol. The summed E-state index contributed by atoms with van der Waals surface area (Å²) in [6.07, 6.45) is 4.58. The maximum atomic E-state index is 12.0. The first-order valence-electron chi connectivity index (χ1n) is 7.70. The van der Waals surface area contributed by atoms with Crippen molar-refractivity contribution in [3.8, 4) is 5.75 Å². The molecule has 0 aliphatic carbocycles. The number of imidazole rings is 1. The molecule has 5 heteroatoms. The van der Waals surface area contributed by atoms with E-state index in [1.165, 1.54) is 0 Å². The lowest BCUT2D eigenvalue weighted by molar-refractivity contribution is 0.0954. The van der Waals surface area contributed by atoms with Crippen LogP contribution < -0.4 is 10.1 Å². The molecule has 0 fully saturated rings. The van der Waals surface area contributed by atoms with Crippen LogP contribution >= 0.6 is 0 Å². The largest absolute Gasteiger partial charge is 0.490 e. The number of carbonyl (C=O) groups is 1. The maximum absolute atomic E-state index is 12.0. The highest BCUT2D eigenvalue weighted by Gasteiger charge is 2.08. The standard InChI is InChI=1S/C18H19N3O2/c1-2-23-16-9-6-12-21-13-15(20-17(16)21)10-11-19-18(22)14-7-4-3-5-8-14/h3-9,12-13H,2,10-11H2,1H3,(H,19,22). The van der Waals surface area contributed by atoms with Gasteiger partial charge in [-0.25, -0.2) is 4.98 Å². The van der Waals surface area contributed by atoms with Crippen molar-refractivity contribution in [1.29, 1.82) is 0 Å². The van der Waals surface area contributed by atoms with E-state index in [0.717, 1.165) is 17.1 Å². The first-order valence-corrected chi connectivity index (χ1v) is 7.70. The normalized spacial score (nSPS) is 10.7. The van der Waals surface area contributed by atoms with Crippen LogP contribution in [0.4, 0.5) is 0 Å². The van der Waals surface area contributed by atoms with Crippen LogP contribution in [-0.4, -0.2) is 28.4 Å². The van der Waals surface area contributed by atoms with Crippen molar-refractivity contribution >= 4 is 11.6 Å². The third kappa shape index (κ3) is 3.51. The summed E-state index contributed by atoms with van der Waals surface area (Å²) in [7, 11) is 0. The number of amides is 1. The summed E-state index contributed by atoms with van der Waals surface area (Å²) in [5.41, 5.74) is 2.39. The Morgan fingerprint density at radius 3 is 2.83 bits per heavy atom. The van der Waals surface area contributed by atoms with Crippen molar-refractivity contribution in [2.24, 2.45) is 0 Å². The fraction of sp³-hybridized carbons (Fsp3) is 0.222. The van der Waals surface area contributed by atoms with Gasteiger partial charge in [0.1, 0.15) is 0 Å². The van der Waals surface area contributed by atoms with Crippen LogP contribution in [0.1, 0.15) is 23.0 Å². The van der Waals surface area contributed by atoms with Gasteiger partial charge in [-0.3, -0.25) is 4.79 Å². The van der Waals surface area contributed by atoms with Gasteiger partial charge in [-0.05, 0) is 31.2 Å². The first-order chi connectivity index (χ1) is 11.3. The molecule has 0 aliphatic heterocycles. The molecule has 118 valence electrons. The summed E-state index contributed by atoms with van der Waals surface area (Å²) in [6, 6.07) is 13.0. The summed E-state index contributed by atoms with van der Waals surface area (Å²) >= 11 is 0. The van der Waals surface area contributed by atoms with Gasteiger partial charge < -0.3 is 14.5 Å². The van der Waals surface area contributed by atoms with E-state index in [0.29, 0.717) is 25.1 Å². The van der Waals surface area contributed by atoms with Crippen molar-refractivity contribution in [1.82, 2.24) is 14.7 Å². The van der Waals surface area contributed by atoms with E-state index in [-0.39, 0.29) is 5.91 Å². The third-order valence-corrected chi connectivity index (χ3v) is 3.50. The van der Waals surface area contributed by atoms with E-state index in [1.54, 1.807) is 12.1 Å². The smallest absolute Gasteiger partial charge is 0.251 e. The summed E-state index contributed by atoms with van der Waals surface area (Å²) in [5.74, 6) is 0.707. The van der Waals surface area contributed by atoms with Gasteiger partial charge in [0.2, 0.25) is 0 Å². The van der Waals surface area contributed by atoms with Crippen molar-refractivity contribution in [2.75, 3.05) is 13.2 Å². The summed E-state index contributed by atoms with van der Waals surface area (Å²) < 4.78 is 7.52. The Hall–Kier alpha value is -2.82. The molecule has 0 atom stereocenters. The van der Waals surface area contributed by atoms with Gasteiger partial charge in [0, 0.05) is 30.9 Å². The molecule has 0 aliphatic rings. The Balaban J connectivity index is 1.63. The lowest BCUT2D eigenvalue weighted by Gasteiger charge is -2.03. The highest BCUT2D eigenvalue weighted by Crippen LogP contribution is 2.19. The Bertz CT molecular complexity index is 796. The van der Waals surface area contributed by atoms with Crippen molar-refractivity contribution < 1.29 is 9.53 Å². The number of hydrogen-bond acceptors (Lipinski definition) is 3. The molecule has 0 unspecified atom stereocenters. The minimum absolute atomic E-state index is 0.0654. The van der Waals surface area contributed by atoms with Crippen LogP contribution in [-0.2, 0) is 6.42 Å². The zero-order valence-electron chi connectivity index (χ0n) is 13.0. The molecule has 3 rings (SSSR count). The molecule has 1 N–H and O–H groups in total. The van der Waals surface area contributed by atoms with Crippen LogP contribution in [0.15, 0.2) is 54.9 Å². The Morgan fingerprint density at radius 1 is 1.22 bits per heavy atom. The van der Waals surface area contributed by atoms with Gasteiger partial charge in [-0.15, -0.1) is 0 Å². The Kier molecular flexibility index (Phi) is 4.57. The molecule has 2 heterocycles. The fourth-order valence-electron chi connectivity index (χ4n) is 2.42. The third-order valence-electron chi connectivity index (χ3n) is 3.50. The first kappa shape index (κ1) is 15.1. The molecule has 5 nitrogen and oxygen atoms in total. The molecule has 23 heavy (non-hydrogen) atoms. The van der Waals surface area contributed by atoms with Gasteiger partial charge in [0.15, 0.2) is 11.4 Å². The molecule has 0 saturated carbocycles. The number of hydrogen-bond donors (Lipinski definition) is 1. The molecule has 3 aromatic rings. The van der Waals surface area contributed by atoms with E-state index in [4.69, 9.17) is 4.74 Å². The van der Waals surface area contributed by atoms with Crippen molar-refractivity contribution in [3.63, 3.8) is 0 Å². The molecular weight excluding hydrogens is 290 g/mol. The molecule has 0 saturated heterocycles. The molecule has 0 bridgehead atoms. The number of ether oxygens (including phenoxy) is 1. The number of carbonyl (C=O) groups excluding carboxylic acids is 1. The zero-order chi connectivity index (χ0) is 16.1.